The summed E-state index contributed by atoms with van der Waals surface area (Å²) < 4.78 is 0. The third-order valence-electron chi connectivity index (χ3n) is 2.96. The van der Waals surface area contributed by atoms with Crippen molar-refractivity contribution in [3.05, 3.63) is 35.4 Å². The average molecular weight is 218 g/mol. The fourth-order valence-electron chi connectivity index (χ4n) is 1.81. The lowest BCUT2D eigenvalue weighted by Gasteiger charge is -2.33. The van der Waals surface area contributed by atoms with Crippen LogP contribution in [0.5, 0.6) is 0 Å². The van der Waals surface area contributed by atoms with E-state index in [0.717, 1.165) is 0 Å². The quantitative estimate of drug-likeness (QED) is 0.760. The van der Waals surface area contributed by atoms with Crippen LogP contribution in [0.2, 0.25) is 0 Å². The average Bonchev–Trinajstić information content (AvgIpc) is 2.53. The molecule has 0 spiro atoms. The number of hydrogen-bond donors (Lipinski definition) is 1. The molecule has 1 N–H and O–H groups in total. The fourth-order valence-corrected chi connectivity index (χ4v) is 1.81. The van der Waals surface area contributed by atoms with Crippen molar-refractivity contribution in [2.24, 2.45) is 0 Å². The van der Waals surface area contributed by atoms with Crippen LogP contribution in [-0.2, 0) is 0 Å². The van der Waals surface area contributed by atoms with Crippen LogP contribution in [0.1, 0.15) is 34.6 Å². The van der Waals surface area contributed by atoms with Crippen LogP contribution < -0.4 is 5.32 Å². The van der Waals surface area contributed by atoms with Crippen molar-refractivity contribution in [1.29, 1.82) is 0 Å². The number of benzene rings is 1. The van der Waals surface area contributed by atoms with Gasteiger partial charge < -0.3 is 0 Å². The lowest BCUT2D eigenvalue weighted by Crippen LogP contribution is -2.55. The normalized spacial score (nSPS) is 15.6. The van der Waals surface area contributed by atoms with E-state index in [4.69, 9.17) is 0 Å². The molecule has 16 heavy (non-hydrogen) atoms. The zero-order valence-corrected chi connectivity index (χ0v) is 9.57. The molecule has 4 heteroatoms. The van der Waals surface area contributed by atoms with Crippen LogP contribution in [0.25, 0.3) is 0 Å². The Hall–Kier alpha value is -1.68. The van der Waals surface area contributed by atoms with Crippen molar-refractivity contribution in [2.45, 2.75) is 19.5 Å². The van der Waals surface area contributed by atoms with E-state index in [1.54, 1.807) is 45.2 Å². The van der Waals surface area contributed by atoms with Crippen LogP contribution in [0, 0.1) is 0 Å². The number of nitrogens with zero attached hydrogens (tertiary/aromatic N) is 1. The predicted octanol–water partition coefficient (Wildman–Crippen LogP) is 1.24. The molecule has 0 radical (unpaired) electrons. The van der Waals surface area contributed by atoms with Crippen molar-refractivity contribution in [1.82, 2.24) is 10.2 Å². The van der Waals surface area contributed by atoms with Gasteiger partial charge in [0.25, 0.3) is 11.8 Å². The van der Waals surface area contributed by atoms with Gasteiger partial charge in [0.05, 0.1) is 16.8 Å². The Morgan fingerprint density at radius 1 is 1.06 bits per heavy atom. The van der Waals surface area contributed by atoms with Gasteiger partial charge >= 0.3 is 0 Å². The first-order valence-corrected chi connectivity index (χ1v) is 5.16. The standard InChI is InChI=1S/C12H14N2O2/c1-12(2,13-3)14-10(15)8-6-4-5-7-9(8)11(14)16/h4-7,13H,1-3H3. The zero-order chi connectivity index (χ0) is 11.9. The molecule has 84 valence electrons. The molecule has 4 nitrogen and oxygen atoms in total. The molecule has 0 saturated heterocycles. The zero-order valence-electron chi connectivity index (χ0n) is 9.57. The van der Waals surface area contributed by atoms with Crippen LogP contribution >= 0.6 is 0 Å². The minimum Gasteiger partial charge on any atom is -0.298 e. The predicted molar refractivity (Wildman–Crippen MR) is 60.1 cm³/mol. The van der Waals surface area contributed by atoms with Gasteiger partial charge in [-0.3, -0.25) is 19.8 Å². The van der Waals surface area contributed by atoms with E-state index in [-0.39, 0.29) is 11.8 Å². The second kappa shape index (κ2) is 3.42. The van der Waals surface area contributed by atoms with Crippen molar-refractivity contribution >= 4 is 11.8 Å². The van der Waals surface area contributed by atoms with Gasteiger partial charge in [0.2, 0.25) is 0 Å². The lowest BCUT2D eigenvalue weighted by atomic mass is 10.1. The van der Waals surface area contributed by atoms with Gasteiger partial charge in [-0.15, -0.1) is 0 Å². The molecule has 0 aromatic heterocycles. The van der Waals surface area contributed by atoms with Gasteiger partial charge in [0.15, 0.2) is 0 Å². The lowest BCUT2D eigenvalue weighted by molar-refractivity contribution is 0.0435. The van der Waals surface area contributed by atoms with Gasteiger partial charge in [0.1, 0.15) is 0 Å². The maximum atomic E-state index is 12.1. The molecule has 0 aliphatic carbocycles. The number of carbonyl (C=O) groups is 2. The van der Waals surface area contributed by atoms with E-state index in [2.05, 4.69) is 5.32 Å². The molecule has 1 heterocycles. The number of nitrogens with one attached hydrogen (secondary N) is 1. The van der Waals surface area contributed by atoms with Gasteiger partial charge in [-0.25, -0.2) is 0 Å². The number of imide groups is 1. The molecule has 1 aliphatic heterocycles. The minimum atomic E-state index is -0.673. The first-order valence-electron chi connectivity index (χ1n) is 5.16. The molecule has 2 rings (SSSR count). The Morgan fingerprint density at radius 3 is 1.88 bits per heavy atom. The topological polar surface area (TPSA) is 49.4 Å². The third-order valence-corrected chi connectivity index (χ3v) is 2.96. The Morgan fingerprint density at radius 2 is 1.50 bits per heavy atom. The number of carbonyl (C=O) groups excluding carboxylic acids is 2. The van der Waals surface area contributed by atoms with Crippen LogP contribution in [0.3, 0.4) is 0 Å². The molecule has 1 aromatic rings. The summed E-state index contributed by atoms with van der Waals surface area (Å²) in [6.45, 7) is 3.60. The SMILES string of the molecule is CNC(C)(C)N1C(=O)c2ccccc2C1=O. The van der Waals surface area contributed by atoms with Crippen molar-refractivity contribution in [3.8, 4) is 0 Å². The summed E-state index contributed by atoms with van der Waals surface area (Å²) in [5, 5.41) is 2.96. The molecule has 0 fully saturated rings. The van der Waals surface area contributed by atoms with Crippen LogP contribution in [0.15, 0.2) is 24.3 Å². The highest BCUT2D eigenvalue weighted by Crippen LogP contribution is 2.27. The highest BCUT2D eigenvalue weighted by Gasteiger charge is 2.42. The van der Waals surface area contributed by atoms with Crippen molar-refractivity contribution in [3.63, 3.8) is 0 Å². The Labute approximate surface area is 94.2 Å². The molecule has 0 unspecified atom stereocenters. The summed E-state index contributed by atoms with van der Waals surface area (Å²) in [4.78, 5) is 25.4. The molecule has 1 aliphatic rings. The summed E-state index contributed by atoms with van der Waals surface area (Å²) in [5.74, 6) is -0.472. The summed E-state index contributed by atoms with van der Waals surface area (Å²) >= 11 is 0. The first-order chi connectivity index (χ1) is 7.49. The monoisotopic (exact) mass is 218 g/mol. The summed E-state index contributed by atoms with van der Waals surface area (Å²) in [6, 6.07) is 6.89. The Balaban J connectivity index is 2.51. The van der Waals surface area contributed by atoms with E-state index in [9.17, 15) is 9.59 Å². The van der Waals surface area contributed by atoms with Crippen molar-refractivity contribution in [2.75, 3.05) is 7.05 Å². The second-order valence-corrected chi connectivity index (χ2v) is 4.30. The highest BCUT2D eigenvalue weighted by molar-refractivity contribution is 6.21. The number of rotatable bonds is 2. The Bertz CT molecular complexity index is 431. The molecular formula is C12H14N2O2. The number of hydrogen-bond acceptors (Lipinski definition) is 3. The summed E-state index contributed by atoms with van der Waals surface area (Å²) in [7, 11) is 1.73. The Kier molecular flexibility index (Phi) is 2.31. The van der Waals surface area contributed by atoms with Crippen LogP contribution in [0.4, 0.5) is 0 Å². The molecule has 0 atom stereocenters. The molecule has 1 aromatic carbocycles. The first kappa shape index (κ1) is 10.8. The third kappa shape index (κ3) is 1.34. The summed E-state index contributed by atoms with van der Waals surface area (Å²) in [6.07, 6.45) is 0. The van der Waals surface area contributed by atoms with Gasteiger partial charge in [-0.2, -0.15) is 0 Å². The molecule has 0 bridgehead atoms. The second-order valence-electron chi connectivity index (χ2n) is 4.30. The van der Waals surface area contributed by atoms with E-state index in [1.165, 1.54) is 4.90 Å². The maximum Gasteiger partial charge on any atom is 0.263 e. The van der Waals surface area contributed by atoms with Crippen molar-refractivity contribution < 1.29 is 9.59 Å². The fraction of sp³-hybridized carbons (Fsp3) is 0.333. The van der Waals surface area contributed by atoms with Gasteiger partial charge in [-0.05, 0) is 33.0 Å². The van der Waals surface area contributed by atoms with Gasteiger partial charge in [0, 0.05) is 0 Å². The van der Waals surface area contributed by atoms with E-state index in [0.29, 0.717) is 11.1 Å². The largest absolute Gasteiger partial charge is 0.298 e. The molecule has 0 saturated carbocycles. The maximum absolute atomic E-state index is 12.1. The van der Waals surface area contributed by atoms with Gasteiger partial charge in [-0.1, -0.05) is 12.1 Å². The molecular weight excluding hydrogens is 204 g/mol. The molecule has 2 amide bonds. The van der Waals surface area contributed by atoms with E-state index in [1.807, 2.05) is 0 Å². The number of fused-ring (bicyclic) bond motifs is 1. The number of amides is 2. The minimum absolute atomic E-state index is 0.236. The van der Waals surface area contributed by atoms with E-state index >= 15 is 0 Å². The smallest absolute Gasteiger partial charge is 0.263 e. The highest BCUT2D eigenvalue weighted by atomic mass is 16.2. The summed E-state index contributed by atoms with van der Waals surface area (Å²) in [5.41, 5.74) is 0.291. The van der Waals surface area contributed by atoms with E-state index < -0.39 is 5.66 Å². The van der Waals surface area contributed by atoms with Crippen LogP contribution in [-0.4, -0.2) is 29.4 Å².